The summed E-state index contributed by atoms with van der Waals surface area (Å²) in [4.78, 5) is 13.8. The quantitative estimate of drug-likeness (QED) is 0.275. The molecule has 36 heavy (non-hydrogen) atoms. The molecular formula is C29H27N3O4. The number of hydrogen-bond donors (Lipinski definition) is 2. The van der Waals surface area contributed by atoms with E-state index in [1.807, 2.05) is 68.5 Å². The predicted octanol–water partition coefficient (Wildman–Crippen LogP) is 6.19. The van der Waals surface area contributed by atoms with E-state index in [1.165, 1.54) is 12.1 Å². The molecule has 0 aliphatic rings. The van der Waals surface area contributed by atoms with Crippen LogP contribution in [0.15, 0.2) is 91.0 Å². The first-order valence-electron chi connectivity index (χ1n) is 11.5. The third-order valence-electron chi connectivity index (χ3n) is 5.25. The Hall–Kier alpha value is -4.65. The molecule has 1 heterocycles. The topological polar surface area (TPSA) is 97.6 Å². The number of allylic oxidation sites excluding steroid dienone is 2. The fourth-order valence-electron chi connectivity index (χ4n) is 3.39. The first-order chi connectivity index (χ1) is 17.6. The van der Waals surface area contributed by atoms with Crippen molar-refractivity contribution in [1.82, 2.24) is 15.0 Å². The van der Waals surface area contributed by atoms with Crippen LogP contribution >= 0.6 is 0 Å². The van der Waals surface area contributed by atoms with Crippen molar-refractivity contribution in [2.45, 2.75) is 13.8 Å². The molecule has 7 heteroatoms. The molecule has 0 spiro atoms. The van der Waals surface area contributed by atoms with Crippen LogP contribution in [-0.4, -0.2) is 38.4 Å². The van der Waals surface area contributed by atoms with Crippen molar-refractivity contribution in [2.75, 3.05) is 13.2 Å². The Balaban J connectivity index is 1.76. The summed E-state index contributed by atoms with van der Waals surface area (Å²) < 4.78 is 11.2. The van der Waals surface area contributed by atoms with Gasteiger partial charge in [0.1, 0.15) is 36.2 Å². The lowest BCUT2D eigenvalue weighted by atomic mass is 10.1. The van der Waals surface area contributed by atoms with Crippen LogP contribution in [0, 0.1) is 0 Å². The number of aromatic nitrogens is 3. The van der Waals surface area contributed by atoms with Gasteiger partial charge >= 0.3 is 0 Å². The largest absolute Gasteiger partial charge is 0.507 e. The SMILES string of the molecule is CC=CCOc1ccc(-c2nc(-c3ccccc3)nc(-c3ccc(OCC=CC)cc3O)n2)c(O)c1. The molecule has 0 aliphatic heterocycles. The summed E-state index contributed by atoms with van der Waals surface area (Å²) in [5, 5.41) is 21.5. The summed E-state index contributed by atoms with van der Waals surface area (Å²) in [7, 11) is 0. The van der Waals surface area contributed by atoms with Gasteiger partial charge in [-0.3, -0.25) is 0 Å². The van der Waals surface area contributed by atoms with Gasteiger partial charge in [-0.1, -0.05) is 54.6 Å². The molecular weight excluding hydrogens is 454 g/mol. The minimum absolute atomic E-state index is 0.0268. The lowest BCUT2D eigenvalue weighted by Crippen LogP contribution is -2.01. The summed E-state index contributed by atoms with van der Waals surface area (Å²) >= 11 is 0. The molecule has 0 fully saturated rings. The summed E-state index contributed by atoms with van der Waals surface area (Å²) in [6.07, 6.45) is 7.53. The highest BCUT2D eigenvalue weighted by atomic mass is 16.5. The third kappa shape index (κ3) is 5.88. The molecule has 4 aromatic rings. The van der Waals surface area contributed by atoms with E-state index in [9.17, 15) is 10.2 Å². The molecule has 0 radical (unpaired) electrons. The second kappa shape index (κ2) is 11.7. The Bertz CT molecular complexity index is 1300. The lowest BCUT2D eigenvalue weighted by Gasteiger charge is -2.12. The van der Waals surface area contributed by atoms with Gasteiger partial charge in [-0.05, 0) is 38.1 Å². The van der Waals surface area contributed by atoms with E-state index in [1.54, 1.807) is 24.3 Å². The monoisotopic (exact) mass is 481 g/mol. The minimum atomic E-state index is -0.0268. The number of phenolic OH excluding ortho intramolecular Hbond substituents is 2. The zero-order chi connectivity index (χ0) is 25.3. The highest BCUT2D eigenvalue weighted by Gasteiger charge is 2.17. The third-order valence-corrected chi connectivity index (χ3v) is 5.25. The van der Waals surface area contributed by atoms with Crippen LogP contribution in [0.5, 0.6) is 23.0 Å². The van der Waals surface area contributed by atoms with Crippen LogP contribution in [0.2, 0.25) is 0 Å². The van der Waals surface area contributed by atoms with Crippen LogP contribution in [-0.2, 0) is 0 Å². The van der Waals surface area contributed by atoms with Crippen LogP contribution < -0.4 is 9.47 Å². The molecule has 0 saturated heterocycles. The average Bonchev–Trinajstić information content (AvgIpc) is 2.89. The number of hydrogen-bond acceptors (Lipinski definition) is 7. The zero-order valence-corrected chi connectivity index (χ0v) is 20.1. The number of aromatic hydroxyl groups is 2. The Kier molecular flexibility index (Phi) is 7.93. The minimum Gasteiger partial charge on any atom is -0.507 e. The summed E-state index contributed by atoms with van der Waals surface area (Å²) in [6, 6.07) is 19.4. The van der Waals surface area contributed by atoms with Crippen LogP contribution in [0.25, 0.3) is 34.2 Å². The average molecular weight is 482 g/mol. The highest BCUT2D eigenvalue weighted by Crippen LogP contribution is 2.35. The van der Waals surface area contributed by atoms with Crippen molar-refractivity contribution in [2.24, 2.45) is 0 Å². The molecule has 7 nitrogen and oxygen atoms in total. The molecule has 0 unspecified atom stereocenters. The van der Waals surface area contributed by atoms with E-state index in [-0.39, 0.29) is 23.1 Å². The molecule has 0 saturated carbocycles. The maximum absolute atomic E-state index is 10.7. The fraction of sp³-hybridized carbons (Fsp3) is 0.138. The van der Waals surface area contributed by atoms with E-state index in [0.29, 0.717) is 41.7 Å². The van der Waals surface area contributed by atoms with Crippen LogP contribution in [0.3, 0.4) is 0 Å². The van der Waals surface area contributed by atoms with Crippen LogP contribution in [0.1, 0.15) is 13.8 Å². The second-order valence-corrected chi connectivity index (χ2v) is 7.79. The number of phenols is 2. The standard InChI is InChI=1S/C29H27N3O4/c1-3-5-16-35-21-12-14-23(25(33)18-21)28-30-27(20-10-8-7-9-11-20)31-29(32-28)24-15-13-22(19-26(24)34)36-17-6-4-2/h3-15,18-19,33-34H,16-17H2,1-2H3. The smallest absolute Gasteiger partial charge is 0.167 e. The van der Waals surface area contributed by atoms with Crippen LogP contribution in [0.4, 0.5) is 0 Å². The molecule has 0 atom stereocenters. The van der Waals surface area contributed by atoms with E-state index < -0.39 is 0 Å². The van der Waals surface area contributed by atoms with Crippen molar-refractivity contribution in [1.29, 1.82) is 0 Å². The zero-order valence-electron chi connectivity index (χ0n) is 20.1. The summed E-state index contributed by atoms with van der Waals surface area (Å²) in [5.41, 5.74) is 1.61. The van der Waals surface area contributed by atoms with Gasteiger partial charge in [-0.15, -0.1) is 0 Å². The van der Waals surface area contributed by atoms with Gasteiger partial charge in [0.2, 0.25) is 0 Å². The van der Waals surface area contributed by atoms with E-state index in [0.717, 1.165) is 5.56 Å². The number of ether oxygens (including phenoxy) is 2. The first-order valence-corrected chi connectivity index (χ1v) is 11.5. The maximum atomic E-state index is 10.7. The number of benzene rings is 3. The van der Waals surface area contributed by atoms with Crippen molar-refractivity contribution in [3.63, 3.8) is 0 Å². The van der Waals surface area contributed by atoms with Gasteiger partial charge < -0.3 is 19.7 Å². The Morgan fingerprint density at radius 1 is 0.639 bits per heavy atom. The van der Waals surface area contributed by atoms with Crippen molar-refractivity contribution in [3.05, 3.63) is 91.0 Å². The second-order valence-electron chi connectivity index (χ2n) is 7.79. The lowest BCUT2D eigenvalue weighted by molar-refractivity contribution is 0.359. The predicted molar refractivity (Wildman–Crippen MR) is 140 cm³/mol. The van der Waals surface area contributed by atoms with Crippen molar-refractivity contribution < 1.29 is 19.7 Å². The molecule has 0 amide bonds. The Labute approximate surface area is 210 Å². The fourth-order valence-corrected chi connectivity index (χ4v) is 3.39. The molecule has 1 aromatic heterocycles. The molecule has 2 N–H and O–H groups in total. The Morgan fingerprint density at radius 2 is 1.11 bits per heavy atom. The van der Waals surface area contributed by atoms with Gasteiger partial charge in [-0.25, -0.2) is 15.0 Å². The van der Waals surface area contributed by atoms with Gasteiger partial charge in [0.05, 0.1) is 11.1 Å². The first kappa shape index (κ1) is 24.5. The van der Waals surface area contributed by atoms with E-state index >= 15 is 0 Å². The van der Waals surface area contributed by atoms with Gasteiger partial charge in [0.25, 0.3) is 0 Å². The molecule has 0 bridgehead atoms. The van der Waals surface area contributed by atoms with Gasteiger partial charge in [-0.2, -0.15) is 0 Å². The maximum Gasteiger partial charge on any atom is 0.167 e. The van der Waals surface area contributed by atoms with Gasteiger partial charge in [0.15, 0.2) is 17.5 Å². The molecule has 182 valence electrons. The van der Waals surface area contributed by atoms with Crippen molar-refractivity contribution in [3.8, 4) is 57.2 Å². The van der Waals surface area contributed by atoms with E-state index in [2.05, 4.69) is 15.0 Å². The van der Waals surface area contributed by atoms with E-state index in [4.69, 9.17) is 9.47 Å². The Morgan fingerprint density at radius 3 is 1.56 bits per heavy atom. The van der Waals surface area contributed by atoms with Gasteiger partial charge in [0, 0.05) is 17.7 Å². The normalized spacial score (nSPS) is 11.3. The molecule has 4 rings (SSSR count). The molecule has 0 aliphatic carbocycles. The summed E-state index contributed by atoms with van der Waals surface area (Å²) in [6.45, 7) is 4.62. The summed E-state index contributed by atoms with van der Waals surface area (Å²) in [5.74, 6) is 1.95. The number of rotatable bonds is 9. The molecule has 3 aromatic carbocycles. The highest BCUT2D eigenvalue weighted by molar-refractivity contribution is 5.72. The number of nitrogens with zero attached hydrogens (tertiary/aromatic N) is 3. The van der Waals surface area contributed by atoms with Crippen molar-refractivity contribution >= 4 is 0 Å².